The van der Waals surface area contributed by atoms with Crippen molar-refractivity contribution in [2.45, 2.75) is 25.9 Å². The zero-order valence-corrected chi connectivity index (χ0v) is 11.2. The normalized spacial score (nSPS) is 12.4. The second-order valence-electron chi connectivity index (χ2n) is 4.60. The Morgan fingerprint density at radius 2 is 1.83 bits per heavy atom. The first-order valence-corrected chi connectivity index (χ1v) is 6.52. The van der Waals surface area contributed by atoms with Crippen LogP contribution in [0.5, 0.6) is 0 Å². The standard InChI is InChI=1S/C16H17ClO/c1-12-9-14(11-15(17)10-12)16(18)8-7-13-5-3-2-4-6-13/h2-6,9-11,16,18H,7-8H2,1H3. The predicted molar refractivity (Wildman–Crippen MR) is 75.9 cm³/mol. The Labute approximate surface area is 113 Å². The average molecular weight is 261 g/mol. The van der Waals surface area contributed by atoms with E-state index in [1.807, 2.05) is 43.3 Å². The molecule has 0 saturated heterocycles. The first kappa shape index (κ1) is 13.1. The van der Waals surface area contributed by atoms with Crippen molar-refractivity contribution in [3.8, 4) is 0 Å². The minimum Gasteiger partial charge on any atom is -0.388 e. The van der Waals surface area contributed by atoms with Crippen molar-refractivity contribution < 1.29 is 5.11 Å². The molecule has 1 atom stereocenters. The van der Waals surface area contributed by atoms with E-state index in [0.717, 1.165) is 17.5 Å². The number of hydrogen-bond acceptors (Lipinski definition) is 1. The van der Waals surface area contributed by atoms with Crippen molar-refractivity contribution in [1.29, 1.82) is 0 Å². The Kier molecular flexibility index (Phi) is 4.40. The maximum Gasteiger partial charge on any atom is 0.0793 e. The van der Waals surface area contributed by atoms with Crippen molar-refractivity contribution >= 4 is 11.6 Å². The van der Waals surface area contributed by atoms with Gasteiger partial charge in [0.1, 0.15) is 0 Å². The first-order chi connectivity index (χ1) is 8.65. The number of hydrogen-bond donors (Lipinski definition) is 1. The summed E-state index contributed by atoms with van der Waals surface area (Å²) >= 11 is 6.00. The highest BCUT2D eigenvalue weighted by Crippen LogP contribution is 2.23. The fourth-order valence-electron chi connectivity index (χ4n) is 2.07. The van der Waals surface area contributed by atoms with E-state index in [9.17, 15) is 5.11 Å². The number of halogens is 1. The van der Waals surface area contributed by atoms with Gasteiger partial charge in [-0.2, -0.15) is 0 Å². The molecule has 2 rings (SSSR count). The number of benzene rings is 2. The van der Waals surface area contributed by atoms with E-state index in [1.54, 1.807) is 0 Å². The maximum atomic E-state index is 10.2. The van der Waals surface area contributed by atoms with Crippen molar-refractivity contribution in [1.82, 2.24) is 0 Å². The van der Waals surface area contributed by atoms with E-state index >= 15 is 0 Å². The molecule has 1 nitrogen and oxygen atoms in total. The molecule has 0 aliphatic heterocycles. The van der Waals surface area contributed by atoms with E-state index in [0.29, 0.717) is 11.4 Å². The molecule has 0 spiro atoms. The highest BCUT2D eigenvalue weighted by Gasteiger charge is 2.09. The van der Waals surface area contributed by atoms with Crippen LogP contribution in [0, 0.1) is 6.92 Å². The lowest BCUT2D eigenvalue weighted by Crippen LogP contribution is -2.00. The lowest BCUT2D eigenvalue weighted by Gasteiger charge is -2.12. The predicted octanol–water partition coefficient (Wildman–Crippen LogP) is 4.31. The van der Waals surface area contributed by atoms with Gasteiger partial charge in [0.15, 0.2) is 0 Å². The molecule has 94 valence electrons. The van der Waals surface area contributed by atoms with Crippen molar-refractivity contribution in [3.63, 3.8) is 0 Å². The van der Waals surface area contributed by atoms with Gasteiger partial charge in [0, 0.05) is 5.02 Å². The summed E-state index contributed by atoms with van der Waals surface area (Å²) in [6.07, 6.45) is 1.12. The van der Waals surface area contributed by atoms with Gasteiger partial charge in [-0.3, -0.25) is 0 Å². The summed E-state index contributed by atoms with van der Waals surface area (Å²) in [5.74, 6) is 0. The SMILES string of the molecule is Cc1cc(Cl)cc(C(O)CCc2ccccc2)c1. The van der Waals surface area contributed by atoms with Gasteiger partial charge in [-0.25, -0.2) is 0 Å². The lowest BCUT2D eigenvalue weighted by atomic mass is 10.00. The number of aliphatic hydroxyl groups excluding tert-OH is 1. The van der Waals surface area contributed by atoms with Gasteiger partial charge < -0.3 is 5.11 Å². The maximum absolute atomic E-state index is 10.2. The quantitative estimate of drug-likeness (QED) is 0.868. The van der Waals surface area contributed by atoms with Crippen LogP contribution in [0.4, 0.5) is 0 Å². The van der Waals surface area contributed by atoms with Gasteiger partial charge >= 0.3 is 0 Å². The van der Waals surface area contributed by atoms with Crippen LogP contribution in [-0.4, -0.2) is 5.11 Å². The fourth-order valence-corrected chi connectivity index (χ4v) is 2.37. The molecule has 0 amide bonds. The van der Waals surface area contributed by atoms with Crippen LogP contribution in [0.3, 0.4) is 0 Å². The van der Waals surface area contributed by atoms with E-state index in [4.69, 9.17) is 11.6 Å². The fraction of sp³-hybridized carbons (Fsp3) is 0.250. The minimum atomic E-state index is -0.456. The Bertz CT molecular complexity index is 488. The summed E-state index contributed by atoms with van der Waals surface area (Å²) in [5.41, 5.74) is 3.22. The van der Waals surface area contributed by atoms with E-state index < -0.39 is 6.10 Å². The molecular weight excluding hydrogens is 244 g/mol. The molecule has 0 fully saturated rings. The van der Waals surface area contributed by atoms with Crippen LogP contribution in [0.1, 0.15) is 29.2 Å². The Balaban J connectivity index is 2.01. The highest BCUT2D eigenvalue weighted by atomic mass is 35.5. The molecule has 0 radical (unpaired) electrons. The largest absolute Gasteiger partial charge is 0.388 e. The summed E-state index contributed by atoms with van der Waals surface area (Å²) in [6, 6.07) is 15.9. The third-order valence-corrected chi connectivity index (χ3v) is 3.22. The molecule has 2 heteroatoms. The van der Waals surface area contributed by atoms with Gasteiger partial charge in [-0.15, -0.1) is 0 Å². The summed E-state index contributed by atoms with van der Waals surface area (Å²) < 4.78 is 0. The average Bonchev–Trinajstić information content (AvgIpc) is 2.36. The summed E-state index contributed by atoms with van der Waals surface area (Å²) in [7, 11) is 0. The van der Waals surface area contributed by atoms with Gasteiger partial charge in [0.25, 0.3) is 0 Å². The van der Waals surface area contributed by atoms with E-state index in [1.165, 1.54) is 5.56 Å². The van der Waals surface area contributed by atoms with Crippen LogP contribution in [0.2, 0.25) is 5.02 Å². The van der Waals surface area contributed by atoms with Gasteiger partial charge in [0.2, 0.25) is 0 Å². The molecule has 0 saturated carbocycles. The van der Waals surface area contributed by atoms with Crippen LogP contribution in [-0.2, 0) is 6.42 Å². The molecule has 0 heterocycles. The molecule has 18 heavy (non-hydrogen) atoms. The molecule has 2 aromatic rings. The third kappa shape index (κ3) is 3.59. The van der Waals surface area contributed by atoms with Gasteiger partial charge in [0.05, 0.1) is 6.10 Å². The van der Waals surface area contributed by atoms with Crippen molar-refractivity contribution in [3.05, 3.63) is 70.2 Å². The molecule has 0 aromatic heterocycles. The zero-order valence-electron chi connectivity index (χ0n) is 10.4. The molecular formula is C16H17ClO. The first-order valence-electron chi connectivity index (χ1n) is 6.14. The topological polar surface area (TPSA) is 20.2 Å². The van der Waals surface area contributed by atoms with Crippen molar-refractivity contribution in [2.75, 3.05) is 0 Å². The summed E-state index contributed by atoms with van der Waals surface area (Å²) in [6.45, 7) is 1.99. The lowest BCUT2D eigenvalue weighted by molar-refractivity contribution is 0.168. The summed E-state index contributed by atoms with van der Waals surface area (Å²) in [4.78, 5) is 0. The van der Waals surface area contributed by atoms with Gasteiger partial charge in [-0.1, -0.05) is 48.0 Å². The Hall–Kier alpha value is -1.31. The van der Waals surface area contributed by atoms with Crippen LogP contribution in [0.25, 0.3) is 0 Å². The van der Waals surface area contributed by atoms with Crippen LogP contribution >= 0.6 is 11.6 Å². The monoisotopic (exact) mass is 260 g/mol. The molecule has 2 aromatic carbocycles. The van der Waals surface area contributed by atoms with Crippen LogP contribution in [0.15, 0.2) is 48.5 Å². The molecule has 1 unspecified atom stereocenters. The van der Waals surface area contributed by atoms with Crippen LogP contribution < -0.4 is 0 Å². The second-order valence-corrected chi connectivity index (χ2v) is 5.04. The number of aryl methyl sites for hydroxylation is 2. The number of aliphatic hydroxyl groups is 1. The minimum absolute atomic E-state index is 0.456. The smallest absolute Gasteiger partial charge is 0.0793 e. The van der Waals surface area contributed by atoms with Crippen molar-refractivity contribution in [2.24, 2.45) is 0 Å². The zero-order chi connectivity index (χ0) is 13.0. The Morgan fingerprint density at radius 3 is 2.50 bits per heavy atom. The molecule has 0 aliphatic carbocycles. The van der Waals surface area contributed by atoms with E-state index in [-0.39, 0.29) is 0 Å². The molecule has 0 aliphatic rings. The third-order valence-electron chi connectivity index (χ3n) is 3.00. The molecule has 0 bridgehead atoms. The molecule has 1 N–H and O–H groups in total. The Morgan fingerprint density at radius 1 is 1.11 bits per heavy atom. The van der Waals surface area contributed by atoms with Gasteiger partial charge in [-0.05, 0) is 48.6 Å². The summed E-state index contributed by atoms with van der Waals surface area (Å²) in [5, 5.41) is 10.9. The highest BCUT2D eigenvalue weighted by molar-refractivity contribution is 6.30. The second kappa shape index (κ2) is 6.03. The van der Waals surface area contributed by atoms with E-state index in [2.05, 4.69) is 12.1 Å². The number of rotatable bonds is 4.